The predicted molar refractivity (Wildman–Crippen MR) is 112 cm³/mol. The zero-order chi connectivity index (χ0) is 22.5. The molecule has 30 heavy (non-hydrogen) atoms. The maximum atomic E-state index is 12.7. The summed E-state index contributed by atoms with van der Waals surface area (Å²) in [7, 11) is 0.323. The summed E-state index contributed by atoms with van der Waals surface area (Å²) in [4.78, 5) is 6.28. The normalized spacial score (nSPS) is 18.5. The first kappa shape index (κ1) is 24.4. The van der Waals surface area contributed by atoms with Crippen LogP contribution in [0.25, 0.3) is 0 Å². The minimum Gasteiger partial charge on any atom is -0.354 e. The number of sulfonamides is 1. The molecule has 0 amide bonds. The summed E-state index contributed by atoms with van der Waals surface area (Å²) in [5, 5.41) is 6.45. The van der Waals surface area contributed by atoms with E-state index in [2.05, 4.69) is 44.8 Å². The van der Waals surface area contributed by atoms with Gasteiger partial charge >= 0.3 is 15.5 Å². The summed E-state index contributed by atoms with van der Waals surface area (Å²) in [6.07, 6.45) is 0.538. The van der Waals surface area contributed by atoms with E-state index < -0.39 is 15.5 Å². The average molecular weight is 450 g/mol. The molecule has 7 nitrogen and oxygen atoms in total. The van der Waals surface area contributed by atoms with Crippen molar-refractivity contribution in [1.82, 2.24) is 19.8 Å². The van der Waals surface area contributed by atoms with Crippen LogP contribution in [0.2, 0.25) is 0 Å². The van der Waals surface area contributed by atoms with Crippen LogP contribution in [0.5, 0.6) is 0 Å². The summed E-state index contributed by atoms with van der Waals surface area (Å²) < 4.78 is 61.7. The van der Waals surface area contributed by atoms with Gasteiger partial charge in [-0.15, -0.1) is 0 Å². The van der Waals surface area contributed by atoms with Gasteiger partial charge in [0, 0.05) is 32.7 Å². The van der Waals surface area contributed by atoms with Crippen LogP contribution in [0, 0.1) is 6.92 Å². The Bertz CT molecular complexity index is 818. The third-order valence-corrected chi connectivity index (χ3v) is 6.83. The highest BCUT2D eigenvalue weighted by molar-refractivity contribution is 7.90. The molecule has 1 aromatic rings. The lowest BCUT2D eigenvalue weighted by molar-refractivity contribution is -0.0494. The van der Waals surface area contributed by atoms with Gasteiger partial charge < -0.3 is 15.5 Å². The lowest BCUT2D eigenvalue weighted by Crippen LogP contribution is -2.52. The standard InChI is InChI=1S/C19H30F3N5O2S/c1-14-5-7-15(8-6-14)17(26(3)4)13-24-18(23-2)25-16-9-11-27(12-10-16)30(28,29)19(20,21)22/h5-8,16-17H,9-13H2,1-4H3,(H2,23,24,25). The molecule has 2 rings (SSSR count). The molecule has 1 aliphatic heterocycles. The summed E-state index contributed by atoms with van der Waals surface area (Å²) in [6.45, 7) is 2.25. The number of nitrogens with one attached hydrogen (secondary N) is 2. The zero-order valence-corrected chi connectivity index (χ0v) is 18.5. The fourth-order valence-electron chi connectivity index (χ4n) is 3.36. The number of rotatable bonds is 6. The molecule has 11 heteroatoms. The van der Waals surface area contributed by atoms with Gasteiger partial charge in [-0.25, -0.2) is 8.42 Å². The zero-order valence-electron chi connectivity index (χ0n) is 17.7. The Morgan fingerprint density at radius 2 is 1.80 bits per heavy atom. The first-order valence-electron chi connectivity index (χ1n) is 9.72. The number of likely N-dealkylation sites (N-methyl/N-ethyl adjacent to an activating group) is 1. The Labute approximate surface area is 176 Å². The number of benzene rings is 1. The van der Waals surface area contributed by atoms with Gasteiger partial charge in [0.1, 0.15) is 0 Å². The van der Waals surface area contributed by atoms with Crippen LogP contribution in [-0.2, 0) is 10.0 Å². The molecule has 1 saturated heterocycles. The van der Waals surface area contributed by atoms with E-state index in [-0.39, 0.29) is 38.0 Å². The third-order valence-electron chi connectivity index (χ3n) is 5.20. The topological polar surface area (TPSA) is 77.0 Å². The van der Waals surface area contributed by atoms with Crippen LogP contribution in [0.15, 0.2) is 29.3 Å². The van der Waals surface area contributed by atoms with Gasteiger partial charge in [-0.05, 0) is 39.4 Å². The van der Waals surface area contributed by atoms with Crippen molar-refractivity contribution in [2.24, 2.45) is 4.99 Å². The molecule has 1 aliphatic rings. The smallest absolute Gasteiger partial charge is 0.354 e. The fourth-order valence-corrected chi connectivity index (χ4v) is 4.34. The Balaban J connectivity index is 1.91. The molecule has 1 heterocycles. The lowest BCUT2D eigenvalue weighted by Gasteiger charge is -2.33. The van der Waals surface area contributed by atoms with Gasteiger partial charge in [0.25, 0.3) is 0 Å². The SMILES string of the molecule is CN=C(NCC(c1ccc(C)cc1)N(C)C)NC1CCN(S(=O)(=O)C(F)(F)F)CC1. The Kier molecular flexibility index (Phi) is 8.12. The highest BCUT2D eigenvalue weighted by Crippen LogP contribution is 2.29. The molecule has 0 bridgehead atoms. The minimum absolute atomic E-state index is 0.0999. The number of alkyl halides is 3. The molecule has 0 radical (unpaired) electrons. The number of aryl methyl sites for hydroxylation is 1. The van der Waals surface area contributed by atoms with E-state index in [4.69, 9.17) is 0 Å². The van der Waals surface area contributed by atoms with Crippen molar-refractivity contribution < 1.29 is 21.6 Å². The number of piperidine rings is 1. The molecule has 0 aliphatic carbocycles. The minimum atomic E-state index is -5.27. The van der Waals surface area contributed by atoms with Crippen molar-refractivity contribution in [2.75, 3.05) is 40.8 Å². The maximum absolute atomic E-state index is 12.7. The van der Waals surface area contributed by atoms with E-state index in [1.165, 1.54) is 5.56 Å². The van der Waals surface area contributed by atoms with E-state index >= 15 is 0 Å². The highest BCUT2D eigenvalue weighted by atomic mass is 32.2. The summed E-state index contributed by atoms with van der Waals surface area (Å²) in [6, 6.07) is 8.21. The van der Waals surface area contributed by atoms with Crippen molar-refractivity contribution >= 4 is 16.0 Å². The largest absolute Gasteiger partial charge is 0.511 e. The quantitative estimate of drug-likeness (QED) is 0.514. The highest BCUT2D eigenvalue weighted by Gasteiger charge is 2.50. The molecule has 0 aromatic heterocycles. The molecule has 1 aromatic carbocycles. The first-order chi connectivity index (χ1) is 14.0. The molecule has 0 spiro atoms. The second kappa shape index (κ2) is 9.97. The first-order valence-corrected chi connectivity index (χ1v) is 11.2. The van der Waals surface area contributed by atoms with Gasteiger partial charge in [-0.1, -0.05) is 29.8 Å². The second-order valence-corrected chi connectivity index (χ2v) is 9.54. The van der Waals surface area contributed by atoms with E-state index in [1.54, 1.807) is 7.05 Å². The monoisotopic (exact) mass is 449 g/mol. The molecule has 170 valence electrons. The number of hydrogen-bond acceptors (Lipinski definition) is 4. The second-order valence-electron chi connectivity index (χ2n) is 7.61. The molecular formula is C19H30F3N5O2S. The number of guanidine groups is 1. The van der Waals surface area contributed by atoms with Gasteiger partial charge in [0.2, 0.25) is 0 Å². The lowest BCUT2D eigenvalue weighted by atomic mass is 10.0. The van der Waals surface area contributed by atoms with Gasteiger partial charge in [0.15, 0.2) is 5.96 Å². The maximum Gasteiger partial charge on any atom is 0.511 e. The Morgan fingerprint density at radius 3 is 2.27 bits per heavy atom. The average Bonchev–Trinajstić information content (AvgIpc) is 2.67. The van der Waals surface area contributed by atoms with E-state index in [0.717, 1.165) is 5.56 Å². The van der Waals surface area contributed by atoms with Crippen LogP contribution < -0.4 is 10.6 Å². The van der Waals surface area contributed by atoms with Crippen LogP contribution >= 0.6 is 0 Å². The molecule has 1 atom stereocenters. The van der Waals surface area contributed by atoms with Gasteiger partial charge in [0.05, 0.1) is 6.04 Å². The molecule has 0 saturated carbocycles. The Morgan fingerprint density at radius 1 is 1.23 bits per heavy atom. The molecule has 1 unspecified atom stereocenters. The predicted octanol–water partition coefficient (Wildman–Crippen LogP) is 2.08. The molecule has 2 N–H and O–H groups in total. The van der Waals surface area contributed by atoms with Gasteiger partial charge in [-0.2, -0.15) is 17.5 Å². The van der Waals surface area contributed by atoms with E-state index in [9.17, 15) is 21.6 Å². The fraction of sp³-hybridized carbons (Fsp3) is 0.632. The van der Waals surface area contributed by atoms with Crippen LogP contribution in [0.3, 0.4) is 0 Å². The van der Waals surface area contributed by atoms with Crippen LogP contribution in [0.4, 0.5) is 13.2 Å². The molecule has 1 fully saturated rings. The van der Waals surface area contributed by atoms with Crippen molar-refractivity contribution in [3.05, 3.63) is 35.4 Å². The van der Waals surface area contributed by atoms with Gasteiger partial charge in [-0.3, -0.25) is 4.99 Å². The Hall–Kier alpha value is -1.85. The van der Waals surface area contributed by atoms with Crippen molar-refractivity contribution in [1.29, 1.82) is 0 Å². The van der Waals surface area contributed by atoms with Crippen molar-refractivity contribution in [3.8, 4) is 0 Å². The summed E-state index contributed by atoms with van der Waals surface area (Å²) >= 11 is 0. The van der Waals surface area contributed by atoms with Crippen molar-refractivity contribution in [2.45, 2.75) is 37.4 Å². The molecular weight excluding hydrogens is 419 g/mol. The number of aliphatic imine (C=N–C) groups is 1. The number of halogens is 3. The number of nitrogens with zero attached hydrogens (tertiary/aromatic N) is 3. The summed E-state index contributed by atoms with van der Waals surface area (Å²) in [5.74, 6) is 0.533. The van der Waals surface area contributed by atoms with E-state index in [0.29, 0.717) is 16.8 Å². The van der Waals surface area contributed by atoms with Crippen molar-refractivity contribution in [3.63, 3.8) is 0 Å². The van der Waals surface area contributed by atoms with Crippen LogP contribution in [-0.4, -0.2) is 75.9 Å². The number of hydrogen-bond donors (Lipinski definition) is 2. The third kappa shape index (κ3) is 6.08. The van der Waals surface area contributed by atoms with E-state index in [1.807, 2.05) is 21.0 Å². The summed E-state index contributed by atoms with van der Waals surface area (Å²) in [5.41, 5.74) is -2.93. The van der Waals surface area contributed by atoms with Crippen LogP contribution in [0.1, 0.15) is 30.0 Å².